The molecular formula is C10H15O10P. The Morgan fingerprint density at radius 2 is 2.14 bits per heavy atom. The maximum atomic E-state index is 11.6. The Morgan fingerprint density at radius 1 is 1.52 bits per heavy atom. The molecule has 11 heteroatoms. The van der Waals surface area contributed by atoms with Gasteiger partial charge < -0.3 is 30.1 Å². The number of rotatable bonds is 7. The number of phosphoric acid groups is 1. The van der Waals surface area contributed by atoms with Gasteiger partial charge in [-0.15, -0.1) is 0 Å². The molecule has 0 aromatic heterocycles. The smallest absolute Gasteiger partial charge is 0.473 e. The predicted molar refractivity (Wildman–Crippen MR) is 65.1 cm³/mol. The Kier molecular flexibility index (Phi) is 6.17. The lowest BCUT2D eigenvalue weighted by Crippen LogP contribution is -2.42. The van der Waals surface area contributed by atoms with Gasteiger partial charge in [0.15, 0.2) is 6.29 Å². The molecule has 1 rings (SSSR count). The van der Waals surface area contributed by atoms with E-state index in [0.717, 1.165) is 6.08 Å². The van der Waals surface area contributed by atoms with E-state index >= 15 is 0 Å². The van der Waals surface area contributed by atoms with E-state index in [0.29, 0.717) is 0 Å². The molecule has 0 aromatic carbocycles. The molecule has 120 valence electrons. The van der Waals surface area contributed by atoms with Crippen LogP contribution in [0, 0.1) is 0 Å². The van der Waals surface area contributed by atoms with E-state index in [-0.39, 0.29) is 18.3 Å². The molecule has 21 heavy (non-hydrogen) atoms. The molecular weight excluding hydrogens is 311 g/mol. The summed E-state index contributed by atoms with van der Waals surface area (Å²) in [6.45, 7) is -0.872. The second-order valence-electron chi connectivity index (χ2n) is 4.26. The second-order valence-corrected chi connectivity index (χ2v) is 5.62. The molecule has 1 aliphatic rings. The number of aliphatic hydroxyl groups is 3. The van der Waals surface area contributed by atoms with Crippen LogP contribution in [0.2, 0.25) is 0 Å². The highest BCUT2D eigenvalue weighted by Crippen LogP contribution is 2.47. The van der Waals surface area contributed by atoms with Gasteiger partial charge >= 0.3 is 13.8 Å². The average molecular weight is 326 g/mol. The zero-order valence-corrected chi connectivity index (χ0v) is 11.5. The van der Waals surface area contributed by atoms with E-state index in [1.807, 2.05) is 0 Å². The molecule has 0 fully saturated rings. The topological polar surface area (TPSA) is 171 Å². The van der Waals surface area contributed by atoms with Crippen molar-refractivity contribution >= 4 is 20.1 Å². The first-order valence-electron chi connectivity index (χ1n) is 5.76. The number of carbonyl (C=O) groups excluding carboxylic acids is 1. The maximum Gasteiger partial charge on any atom is 0.473 e. The summed E-state index contributed by atoms with van der Waals surface area (Å²) in [6, 6.07) is 0. The van der Waals surface area contributed by atoms with Crippen molar-refractivity contribution in [1.29, 1.82) is 0 Å². The molecule has 0 heterocycles. The maximum absolute atomic E-state index is 11.6. The number of aliphatic hydroxyl groups excluding tert-OH is 3. The van der Waals surface area contributed by atoms with Crippen LogP contribution in [0.1, 0.15) is 6.42 Å². The van der Waals surface area contributed by atoms with E-state index < -0.39 is 44.8 Å². The number of hydrogen-bond acceptors (Lipinski definition) is 8. The Labute approximate surface area is 118 Å². The largest absolute Gasteiger partial charge is 0.478 e. The molecule has 0 spiro atoms. The van der Waals surface area contributed by atoms with Gasteiger partial charge in [-0.05, 0) is 6.08 Å². The van der Waals surface area contributed by atoms with E-state index in [2.05, 4.69) is 9.05 Å². The molecule has 0 amide bonds. The van der Waals surface area contributed by atoms with Crippen molar-refractivity contribution in [2.24, 2.45) is 0 Å². The molecule has 5 atom stereocenters. The summed E-state index contributed by atoms with van der Waals surface area (Å²) in [5.41, 5.74) is -0.313. The number of carboxylic acids is 1. The second kappa shape index (κ2) is 7.23. The predicted octanol–water partition coefficient (Wildman–Crippen LogP) is -1.82. The monoisotopic (exact) mass is 326 g/mol. The molecule has 0 saturated heterocycles. The fraction of sp³-hybridized carbons (Fsp3) is 0.600. The van der Waals surface area contributed by atoms with E-state index in [4.69, 9.17) is 10.2 Å². The van der Waals surface area contributed by atoms with Crippen molar-refractivity contribution in [1.82, 2.24) is 0 Å². The summed E-state index contributed by atoms with van der Waals surface area (Å²) in [5.74, 6) is -1.38. The third-order valence-electron chi connectivity index (χ3n) is 2.66. The van der Waals surface area contributed by atoms with Gasteiger partial charge in [0.1, 0.15) is 18.3 Å². The van der Waals surface area contributed by atoms with Crippen molar-refractivity contribution in [3.05, 3.63) is 11.6 Å². The average Bonchev–Trinajstić information content (AvgIpc) is 2.40. The summed E-state index contributed by atoms with van der Waals surface area (Å²) in [6.07, 6.45) is -5.83. The molecule has 0 aromatic rings. The number of carboxylic acid groups (broad SMARTS) is 1. The van der Waals surface area contributed by atoms with Gasteiger partial charge in [0.25, 0.3) is 0 Å². The number of aldehydes is 1. The van der Waals surface area contributed by atoms with Crippen molar-refractivity contribution in [2.45, 2.75) is 30.8 Å². The molecule has 0 bridgehead atoms. The molecule has 0 aliphatic heterocycles. The first-order chi connectivity index (χ1) is 9.70. The highest BCUT2D eigenvalue weighted by atomic mass is 31.2. The summed E-state index contributed by atoms with van der Waals surface area (Å²) >= 11 is 0. The first kappa shape index (κ1) is 17.9. The summed E-state index contributed by atoms with van der Waals surface area (Å²) < 4.78 is 20.5. The zero-order chi connectivity index (χ0) is 16.2. The summed E-state index contributed by atoms with van der Waals surface area (Å²) in [7, 11) is -4.87. The Balaban J connectivity index is 2.87. The number of phosphoric ester groups is 1. The number of aliphatic carboxylic acids is 1. The van der Waals surface area contributed by atoms with Gasteiger partial charge in [0.05, 0.1) is 12.7 Å². The Bertz CT molecular complexity index is 474. The molecule has 5 N–H and O–H groups in total. The lowest BCUT2D eigenvalue weighted by atomic mass is 9.92. The first-order valence-corrected chi connectivity index (χ1v) is 7.25. The van der Waals surface area contributed by atoms with E-state index in [9.17, 15) is 29.3 Å². The van der Waals surface area contributed by atoms with Crippen molar-refractivity contribution in [2.75, 3.05) is 6.61 Å². The van der Waals surface area contributed by atoms with Crippen LogP contribution in [0.5, 0.6) is 0 Å². The van der Waals surface area contributed by atoms with Crippen LogP contribution in [0.15, 0.2) is 11.6 Å². The van der Waals surface area contributed by atoms with Gasteiger partial charge in [-0.3, -0.25) is 9.05 Å². The highest BCUT2D eigenvalue weighted by molar-refractivity contribution is 7.47. The minimum atomic E-state index is -4.87. The van der Waals surface area contributed by atoms with Gasteiger partial charge in [0, 0.05) is 12.0 Å². The van der Waals surface area contributed by atoms with Crippen LogP contribution in [-0.2, 0) is 23.2 Å². The third kappa shape index (κ3) is 4.97. The molecule has 5 unspecified atom stereocenters. The molecule has 1 aliphatic carbocycles. The SMILES string of the molecule is O=CC(CO)OP(=O)(O)OC1C=C(C(=O)O)CC(O)C1O. The van der Waals surface area contributed by atoms with Crippen LogP contribution in [0.3, 0.4) is 0 Å². The van der Waals surface area contributed by atoms with Crippen molar-refractivity contribution in [3.8, 4) is 0 Å². The summed E-state index contributed by atoms with van der Waals surface area (Å²) in [5, 5.41) is 36.6. The quantitative estimate of drug-likeness (QED) is 0.265. The third-order valence-corrected chi connectivity index (χ3v) is 3.70. The van der Waals surface area contributed by atoms with Gasteiger partial charge in [-0.1, -0.05) is 0 Å². The number of hydrogen-bond donors (Lipinski definition) is 5. The lowest BCUT2D eigenvalue weighted by molar-refractivity contribution is -0.134. The van der Waals surface area contributed by atoms with Crippen LogP contribution in [-0.4, -0.2) is 68.6 Å². The van der Waals surface area contributed by atoms with Crippen LogP contribution in [0.25, 0.3) is 0 Å². The van der Waals surface area contributed by atoms with Gasteiger partial charge in [-0.2, -0.15) is 0 Å². The number of carbonyl (C=O) groups is 2. The highest BCUT2D eigenvalue weighted by Gasteiger charge is 2.39. The molecule has 10 nitrogen and oxygen atoms in total. The van der Waals surface area contributed by atoms with E-state index in [1.54, 1.807) is 0 Å². The van der Waals surface area contributed by atoms with Crippen LogP contribution in [0.4, 0.5) is 0 Å². The standard InChI is InChI=1S/C10H15O10P/c11-3-6(4-12)19-21(17,18)20-8-2-5(10(15)16)1-7(13)9(8)14/h2-3,6-9,12-14H,1,4H2,(H,15,16)(H,17,18). The van der Waals surface area contributed by atoms with Crippen LogP contribution < -0.4 is 0 Å². The fourth-order valence-electron chi connectivity index (χ4n) is 1.63. The van der Waals surface area contributed by atoms with Crippen LogP contribution >= 0.6 is 7.82 Å². The zero-order valence-electron chi connectivity index (χ0n) is 10.6. The normalized spacial score (nSPS) is 30.1. The molecule has 0 radical (unpaired) electrons. The molecule has 0 saturated carbocycles. The van der Waals surface area contributed by atoms with Gasteiger partial charge in [-0.25, -0.2) is 9.36 Å². The van der Waals surface area contributed by atoms with Crippen molar-refractivity contribution in [3.63, 3.8) is 0 Å². The fourth-order valence-corrected chi connectivity index (χ4v) is 2.63. The minimum Gasteiger partial charge on any atom is -0.478 e. The minimum absolute atomic E-state index is 0.0664. The Hall–Kier alpha value is -1.13. The lowest BCUT2D eigenvalue weighted by Gasteiger charge is -2.30. The van der Waals surface area contributed by atoms with Crippen molar-refractivity contribution < 1.29 is 48.5 Å². The Morgan fingerprint density at radius 3 is 2.62 bits per heavy atom. The van der Waals surface area contributed by atoms with Gasteiger partial charge in [0.2, 0.25) is 0 Å². The summed E-state index contributed by atoms with van der Waals surface area (Å²) in [4.78, 5) is 30.6. The van der Waals surface area contributed by atoms with E-state index in [1.165, 1.54) is 0 Å².